The largest absolute Gasteiger partial charge is 0.469 e. The van der Waals surface area contributed by atoms with Crippen LogP contribution in [0.2, 0.25) is 0 Å². The van der Waals surface area contributed by atoms with Gasteiger partial charge in [-0.05, 0) is 12.3 Å². The highest BCUT2D eigenvalue weighted by Gasteiger charge is 2.66. The number of esters is 1. The van der Waals surface area contributed by atoms with Crippen LogP contribution in [0, 0.1) is 17.3 Å². The van der Waals surface area contributed by atoms with E-state index in [0.717, 1.165) is 0 Å². The van der Waals surface area contributed by atoms with Gasteiger partial charge in [-0.3, -0.25) is 9.59 Å². The lowest BCUT2D eigenvalue weighted by Gasteiger charge is -2.16. The summed E-state index contributed by atoms with van der Waals surface area (Å²) in [6.45, 7) is 4.81. The summed E-state index contributed by atoms with van der Waals surface area (Å²) in [5.41, 5.74) is -0.442. The second kappa shape index (κ2) is 4.14. The van der Waals surface area contributed by atoms with E-state index in [4.69, 9.17) is 0 Å². The van der Waals surface area contributed by atoms with Gasteiger partial charge in [0.15, 0.2) is 5.78 Å². The van der Waals surface area contributed by atoms with Gasteiger partial charge in [0.25, 0.3) is 0 Å². The van der Waals surface area contributed by atoms with E-state index in [9.17, 15) is 19.8 Å². The fourth-order valence-corrected chi connectivity index (χ4v) is 2.33. The van der Waals surface area contributed by atoms with Crippen molar-refractivity contribution < 1.29 is 24.5 Å². The van der Waals surface area contributed by atoms with Crippen molar-refractivity contribution in [3.8, 4) is 0 Å². The van der Waals surface area contributed by atoms with Crippen LogP contribution in [0.25, 0.3) is 0 Å². The van der Waals surface area contributed by atoms with E-state index in [-0.39, 0.29) is 0 Å². The van der Waals surface area contributed by atoms with Gasteiger partial charge in [0.05, 0.1) is 19.1 Å². The first-order valence-electron chi connectivity index (χ1n) is 5.19. The van der Waals surface area contributed by atoms with Gasteiger partial charge in [0.1, 0.15) is 6.10 Å². The van der Waals surface area contributed by atoms with Gasteiger partial charge in [0, 0.05) is 5.92 Å². The number of hydrogen-bond acceptors (Lipinski definition) is 5. The molecular weight excluding hydrogens is 212 g/mol. The molecule has 92 valence electrons. The summed E-state index contributed by atoms with van der Waals surface area (Å²) < 4.78 is 4.61. The maximum atomic E-state index is 11.4. The van der Waals surface area contributed by atoms with Crippen LogP contribution in [0.3, 0.4) is 0 Å². The highest BCUT2D eigenvalue weighted by Crippen LogP contribution is 2.60. The molecule has 1 rings (SSSR count). The molecule has 1 fully saturated rings. The molecular formula is C11H18O5. The SMILES string of the molecule is COC(=O)[C@@H]1[C@H]([C@H](O)[C@H](O)C(C)=O)C1(C)C. The number of carbonyl (C=O) groups is 2. The summed E-state index contributed by atoms with van der Waals surface area (Å²) in [6.07, 6.45) is -2.64. The first kappa shape index (κ1) is 13.1. The van der Waals surface area contributed by atoms with Gasteiger partial charge in [-0.2, -0.15) is 0 Å². The number of rotatable bonds is 4. The van der Waals surface area contributed by atoms with E-state index < -0.39 is 41.2 Å². The summed E-state index contributed by atoms with van der Waals surface area (Å²) >= 11 is 0. The van der Waals surface area contributed by atoms with Crippen LogP contribution >= 0.6 is 0 Å². The lowest BCUT2D eigenvalue weighted by molar-refractivity contribution is -0.144. The molecule has 0 heterocycles. The van der Waals surface area contributed by atoms with Gasteiger partial charge >= 0.3 is 5.97 Å². The van der Waals surface area contributed by atoms with E-state index in [2.05, 4.69) is 4.74 Å². The van der Waals surface area contributed by atoms with Crippen molar-refractivity contribution in [3.63, 3.8) is 0 Å². The summed E-state index contributed by atoms with van der Waals surface area (Å²) in [5, 5.41) is 19.3. The highest BCUT2D eigenvalue weighted by molar-refractivity contribution is 5.82. The van der Waals surface area contributed by atoms with E-state index in [1.165, 1.54) is 14.0 Å². The first-order valence-corrected chi connectivity index (χ1v) is 5.19. The van der Waals surface area contributed by atoms with Crippen LogP contribution in [0.1, 0.15) is 20.8 Å². The van der Waals surface area contributed by atoms with Crippen LogP contribution in [-0.4, -0.2) is 41.3 Å². The van der Waals surface area contributed by atoms with Gasteiger partial charge in [-0.15, -0.1) is 0 Å². The molecule has 1 saturated carbocycles. The second-order valence-corrected chi connectivity index (χ2v) is 4.89. The number of Topliss-reactive ketones (excluding diaryl/α,β-unsaturated/α-hetero) is 1. The van der Waals surface area contributed by atoms with Crippen molar-refractivity contribution in [2.75, 3.05) is 7.11 Å². The van der Waals surface area contributed by atoms with Gasteiger partial charge < -0.3 is 14.9 Å². The Labute approximate surface area is 94.4 Å². The molecule has 0 aromatic rings. The fourth-order valence-electron chi connectivity index (χ4n) is 2.33. The Bertz CT molecular complexity index is 309. The van der Waals surface area contributed by atoms with Crippen molar-refractivity contribution in [2.24, 2.45) is 17.3 Å². The topological polar surface area (TPSA) is 83.8 Å². The molecule has 0 bridgehead atoms. The Hall–Kier alpha value is -0.940. The Morgan fingerprint density at radius 3 is 2.19 bits per heavy atom. The standard InChI is InChI=1S/C11H18O5/c1-5(12)8(13)9(14)6-7(10(15)16-4)11(6,2)3/h6-9,13-14H,1-4H3/t6-,7+,8-,9+/m1/s1. The minimum atomic E-state index is -1.43. The maximum Gasteiger partial charge on any atom is 0.309 e. The number of aliphatic hydroxyl groups is 2. The molecule has 0 spiro atoms. The third-order valence-electron chi connectivity index (χ3n) is 3.47. The number of aliphatic hydroxyl groups excluding tert-OH is 2. The summed E-state index contributed by atoms with van der Waals surface area (Å²) in [7, 11) is 1.28. The normalized spacial score (nSPS) is 30.4. The molecule has 5 nitrogen and oxygen atoms in total. The van der Waals surface area contributed by atoms with Crippen LogP contribution in [0.5, 0.6) is 0 Å². The minimum absolute atomic E-state index is 0.412. The predicted molar refractivity (Wildman–Crippen MR) is 55.5 cm³/mol. The Morgan fingerprint density at radius 1 is 1.31 bits per heavy atom. The average molecular weight is 230 g/mol. The molecule has 0 unspecified atom stereocenters. The molecule has 5 heteroatoms. The number of hydrogen-bond donors (Lipinski definition) is 2. The zero-order valence-electron chi connectivity index (χ0n) is 9.93. The number of carbonyl (C=O) groups excluding carboxylic acids is 2. The zero-order valence-corrected chi connectivity index (χ0v) is 9.93. The van der Waals surface area contributed by atoms with Crippen LogP contribution in [-0.2, 0) is 14.3 Å². The summed E-state index contributed by atoms with van der Waals surface area (Å²) in [4.78, 5) is 22.3. The van der Waals surface area contributed by atoms with E-state index in [0.29, 0.717) is 0 Å². The molecule has 0 aromatic carbocycles. The lowest BCUT2D eigenvalue weighted by atomic mass is 10.0. The van der Waals surface area contributed by atoms with Crippen molar-refractivity contribution in [1.29, 1.82) is 0 Å². The van der Waals surface area contributed by atoms with Crippen molar-refractivity contribution in [3.05, 3.63) is 0 Å². The molecule has 1 aliphatic rings. The molecule has 0 radical (unpaired) electrons. The number of methoxy groups -OCH3 is 1. The third-order valence-corrected chi connectivity index (χ3v) is 3.47. The molecule has 0 saturated heterocycles. The monoisotopic (exact) mass is 230 g/mol. The third kappa shape index (κ3) is 1.97. The maximum absolute atomic E-state index is 11.4. The first-order chi connectivity index (χ1) is 7.25. The molecule has 0 aromatic heterocycles. The zero-order chi connectivity index (χ0) is 12.7. The molecule has 16 heavy (non-hydrogen) atoms. The quantitative estimate of drug-likeness (QED) is 0.650. The Morgan fingerprint density at radius 2 is 1.81 bits per heavy atom. The Balaban J connectivity index is 2.76. The molecule has 0 aliphatic heterocycles. The van der Waals surface area contributed by atoms with Gasteiger partial charge in [0.2, 0.25) is 0 Å². The smallest absolute Gasteiger partial charge is 0.309 e. The number of ketones is 1. The fraction of sp³-hybridized carbons (Fsp3) is 0.818. The van der Waals surface area contributed by atoms with Crippen LogP contribution < -0.4 is 0 Å². The van der Waals surface area contributed by atoms with Crippen LogP contribution in [0.4, 0.5) is 0 Å². The van der Waals surface area contributed by atoms with E-state index in [1.807, 2.05) is 0 Å². The average Bonchev–Trinajstić information content (AvgIpc) is 2.78. The van der Waals surface area contributed by atoms with Crippen molar-refractivity contribution in [2.45, 2.75) is 33.0 Å². The van der Waals surface area contributed by atoms with Crippen molar-refractivity contribution in [1.82, 2.24) is 0 Å². The second-order valence-electron chi connectivity index (χ2n) is 4.89. The van der Waals surface area contributed by atoms with Gasteiger partial charge in [-0.25, -0.2) is 0 Å². The van der Waals surface area contributed by atoms with Gasteiger partial charge in [-0.1, -0.05) is 13.8 Å². The van der Waals surface area contributed by atoms with Crippen molar-refractivity contribution >= 4 is 11.8 Å². The molecule has 2 N–H and O–H groups in total. The Kier molecular flexibility index (Phi) is 3.40. The molecule has 4 atom stereocenters. The van der Waals surface area contributed by atoms with E-state index >= 15 is 0 Å². The molecule has 0 amide bonds. The van der Waals surface area contributed by atoms with E-state index in [1.54, 1.807) is 13.8 Å². The number of ether oxygens (including phenoxy) is 1. The summed E-state index contributed by atoms with van der Waals surface area (Å²) in [6, 6.07) is 0. The molecule has 1 aliphatic carbocycles. The van der Waals surface area contributed by atoms with Crippen LogP contribution in [0.15, 0.2) is 0 Å². The lowest BCUT2D eigenvalue weighted by Crippen LogP contribution is -2.35. The minimum Gasteiger partial charge on any atom is -0.469 e. The predicted octanol–water partition coefficient (Wildman–Crippen LogP) is -0.258. The highest BCUT2D eigenvalue weighted by atomic mass is 16.5. The summed E-state index contributed by atoms with van der Waals surface area (Å²) in [5.74, 6) is -1.80.